The number of aromatic nitrogens is 2. The number of methoxy groups -OCH3 is 1. The Morgan fingerprint density at radius 3 is 3.17 bits per heavy atom. The van der Waals surface area contributed by atoms with Crippen molar-refractivity contribution in [2.75, 3.05) is 7.11 Å². The van der Waals surface area contributed by atoms with Gasteiger partial charge in [0.15, 0.2) is 6.10 Å². The molecule has 1 aromatic heterocycles. The van der Waals surface area contributed by atoms with Gasteiger partial charge < -0.3 is 14.8 Å². The Morgan fingerprint density at radius 2 is 2.67 bits per heavy atom. The SMILES string of the molecule is COC(=O)C(O)Cc1ncc[nH]1. The first kappa shape index (κ1) is 8.73. The highest BCUT2D eigenvalue weighted by Gasteiger charge is 2.16. The van der Waals surface area contributed by atoms with Crippen molar-refractivity contribution in [3.8, 4) is 0 Å². The largest absolute Gasteiger partial charge is 0.467 e. The van der Waals surface area contributed by atoms with Gasteiger partial charge in [-0.25, -0.2) is 9.78 Å². The first-order valence-electron chi connectivity index (χ1n) is 3.48. The lowest BCUT2D eigenvalue weighted by atomic mass is 10.2. The van der Waals surface area contributed by atoms with Gasteiger partial charge in [0.25, 0.3) is 0 Å². The number of ether oxygens (including phenoxy) is 1. The van der Waals surface area contributed by atoms with E-state index in [0.29, 0.717) is 5.82 Å². The zero-order valence-electron chi connectivity index (χ0n) is 6.65. The molecule has 1 atom stereocenters. The maximum absolute atomic E-state index is 10.7. The number of hydrogen-bond acceptors (Lipinski definition) is 4. The molecular weight excluding hydrogens is 160 g/mol. The third-order valence-corrected chi connectivity index (χ3v) is 1.41. The number of hydrogen-bond donors (Lipinski definition) is 2. The van der Waals surface area contributed by atoms with Gasteiger partial charge >= 0.3 is 5.97 Å². The van der Waals surface area contributed by atoms with Crippen molar-refractivity contribution in [3.05, 3.63) is 18.2 Å². The summed E-state index contributed by atoms with van der Waals surface area (Å²) in [6.45, 7) is 0. The van der Waals surface area contributed by atoms with Crippen LogP contribution in [0.25, 0.3) is 0 Å². The van der Waals surface area contributed by atoms with E-state index in [0.717, 1.165) is 0 Å². The summed E-state index contributed by atoms with van der Waals surface area (Å²) in [7, 11) is 1.23. The minimum absolute atomic E-state index is 0.152. The van der Waals surface area contributed by atoms with Crippen LogP contribution in [0.2, 0.25) is 0 Å². The lowest BCUT2D eigenvalue weighted by Crippen LogP contribution is -2.24. The van der Waals surface area contributed by atoms with E-state index in [1.54, 1.807) is 12.4 Å². The van der Waals surface area contributed by atoms with Crippen molar-refractivity contribution < 1.29 is 14.6 Å². The highest BCUT2D eigenvalue weighted by atomic mass is 16.5. The van der Waals surface area contributed by atoms with Crippen LogP contribution in [0.5, 0.6) is 0 Å². The van der Waals surface area contributed by atoms with E-state index in [1.807, 2.05) is 0 Å². The van der Waals surface area contributed by atoms with Crippen LogP contribution in [0.4, 0.5) is 0 Å². The van der Waals surface area contributed by atoms with E-state index >= 15 is 0 Å². The summed E-state index contributed by atoms with van der Waals surface area (Å²) in [5.74, 6) is -0.0840. The fourth-order valence-corrected chi connectivity index (χ4v) is 0.812. The number of aliphatic hydroxyl groups is 1. The second-order valence-corrected chi connectivity index (χ2v) is 2.28. The van der Waals surface area contributed by atoms with Crippen LogP contribution >= 0.6 is 0 Å². The third kappa shape index (κ3) is 2.06. The van der Waals surface area contributed by atoms with Crippen molar-refractivity contribution in [2.24, 2.45) is 0 Å². The number of nitrogens with one attached hydrogen (secondary N) is 1. The molecule has 1 unspecified atom stereocenters. The summed E-state index contributed by atoms with van der Waals surface area (Å²) in [5.41, 5.74) is 0. The molecule has 0 fully saturated rings. The molecule has 0 amide bonds. The van der Waals surface area contributed by atoms with Gasteiger partial charge in [0.2, 0.25) is 0 Å². The van der Waals surface area contributed by atoms with Crippen molar-refractivity contribution in [3.63, 3.8) is 0 Å². The molecule has 1 rings (SSSR count). The number of aromatic amines is 1. The molecule has 12 heavy (non-hydrogen) atoms. The van der Waals surface area contributed by atoms with E-state index < -0.39 is 12.1 Å². The van der Waals surface area contributed by atoms with Gasteiger partial charge in [0.05, 0.1) is 7.11 Å². The topological polar surface area (TPSA) is 75.2 Å². The minimum atomic E-state index is -1.14. The molecule has 1 heterocycles. The van der Waals surface area contributed by atoms with Gasteiger partial charge in [-0.3, -0.25) is 0 Å². The summed E-state index contributed by atoms with van der Waals surface area (Å²) in [6.07, 6.45) is 2.19. The highest BCUT2D eigenvalue weighted by Crippen LogP contribution is 1.97. The van der Waals surface area contributed by atoms with E-state index in [-0.39, 0.29) is 6.42 Å². The molecule has 5 heteroatoms. The Balaban J connectivity index is 2.47. The zero-order chi connectivity index (χ0) is 8.97. The zero-order valence-corrected chi connectivity index (χ0v) is 6.65. The first-order valence-corrected chi connectivity index (χ1v) is 3.48. The Morgan fingerprint density at radius 1 is 1.92 bits per heavy atom. The summed E-state index contributed by atoms with van der Waals surface area (Å²) >= 11 is 0. The number of H-pyrrole nitrogens is 1. The molecule has 1 aromatic rings. The van der Waals surface area contributed by atoms with Crippen LogP contribution < -0.4 is 0 Å². The lowest BCUT2D eigenvalue weighted by molar-refractivity contribution is -0.150. The van der Waals surface area contributed by atoms with Gasteiger partial charge in [0, 0.05) is 18.8 Å². The molecule has 0 aromatic carbocycles. The fraction of sp³-hybridized carbons (Fsp3) is 0.429. The molecule has 66 valence electrons. The standard InChI is InChI=1S/C7H10N2O3/c1-12-7(11)5(10)4-6-8-2-3-9-6/h2-3,5,10H,4H2,1H3,(H,8,9). The molecule has 0 saturated heterocycles. The molecule has 0 spiro atoms. The molecule has 2 N–H and O–H groups in total. The van der Waals surface area contributed by atoms with Crippen LogP contribution in [-0.2, 0) is 16.0 Å². The number of esters is 1. The average molecular weight is 170 g/mol. The fourth-order valence-electron chi connectivity index (χ4n) is 0.812. The minimum Gasteiger partial charge on any atom is -0.467 e. The second kappa shape index (κ2) is 3.87. The van der Waals surface area contributed by atoms with Crippen molar-refractivity contribution in [2.45, 2.75) is 12.5 Å². The Hall–Kier alpha value is -1.36. The quantitative estimate of drug-likeness (QED) is 0.599. The van der Waals surface area contributed by atoms with Crippen LogP contribution in [0, 0.1) is 0 Å². The lowest BCUT2D eigenvalue weighted by Gasteiger charge is -2.04. The van der Waals surface area contributed by atoms with Crippen molar-refractivity contribution in [1.82, 2.24) is 9.97 Å². The normalized spacial score (nSPS) is 12.5. The molecule has 5 nitrogen and oxygen atoms in total. The van der Waals surface area contributed by atoms with Crippen LogP contribution in [0.15, 0.2) is 12.4 Å². The number of rotatable bonds is 3. The number of aliphatic hydroxyl groups excluding tert-OH is 1. The molecule has 0 aliphatic heterocycles. The van der Waals surface area contributed by atoms with Gasteiger partial charge in [-0.15, -0.1) is 0 Å². The monoisotopic (exact) mass is 170 g/mol. The highest BCUT2D eigenvalue weighted by molar-refractivity contribution is 5.74. The smallest absolute Gasteiger partial charge is 0.335 e. The predicted octanol–water partition coefficient (Wildman–Crippen LogP) is -0.514. The van der Waals surface area contributed by atoms with Gasteiger partial charge in [-0.2, -0.15) is 0 Å². The third-order valence-electron chi connectivity index (χ3n) is 1.41. The summed E-state index contributed by atoms with van der Waals surface area (Å²) in [4.78, 5) is 17.3. The summed E-state index contributed by atoms with van der Waals surface area (Å²) < 4.78 is 4.33. The van der Waals surface area contributed by atoms with Crippen LogP contribution in [0.1, 0.15) is 5.82 Å². The Kier molecular flexibility index (Phi) is 2.82. The van der Waals surface area contributed by atoms with E-state index in [9.17, 15) is 4.79 Å². The van der Waals surface area contributed by atoms with E-state index in [1.165, 1.54) is 7.11 Å². The van der Waals surface area contributed by atoms with Crippen molar-refractivity contribution in [1.29, 1.82) is 0 Å². The Labute approximate surface area is 69.4 Å². The predicted molar refractivity (Wildman–Crippen MR) is 40.3 cm³/mol. The second-order valence-electron chi connectivity index (χ2n) is 2.28. The molecule has 0 saturated carbocycles. The van der Waals surface area contributed by atoms with Gasteiger partial charge in [-0.05, 0) is 0 Å². The number of carbonyl (C=O) groups excluding carboxylic acids is 1. The molecule has 0 aliphatic carbocycles. The number of carbonyl (C=O) groups is 1. The number of nitrogens with zero attached hydrogens (tertiary/aromatic N) is 1. The van der Waals surface area contributed by atoms with Gasteiger partial charge in [-0.1, -0.05) is 0 Å². The Bertz CT molecular complexity index is 245. The van der Waals surface area contributed by atoms with Crippen molar-refractivity contribution >= 4 is 5.97 Å². The first-order chi connectivity index (χ1) is 5.74. The number of imidazole rings is 1. The van der Waals surface area contributed by atoms with Gasteiger partial charge in [0.1, 0.15) is 5.82 Å². The summed E-state index contributed by atoms with van der Waals surface area (Å²) in [6, 6.07) is 0. The van der Waals surface area contributed by atoms with E-state index in [4.69, 9.17) is 5.11 Å². The molecule has 0 aliphatic rings. The van der Waals surface area contributed by atoms with Crippen LogP contribution in [0.3, 0.4) is 0 Å². The molecular formula is C7H10N2O3. The maximum atomic E-state index is 10.7. The van der Waals surface area contributed by atoms with E-state index in [2.05, 4.69) is 14.7 Å². The average Bonchev–Trinajstić information content (AvgIpc) is 2.55. The molecule has 0 bridgehead atoms. The molecule has 0 radical (unpaired) electrons. The maximum Gasteiger partial charge on any atom is 0.335 e. The van der Waals surface area contributed by atoms with Crippen LogP contribution in [-0.4, -0.2) is 34.3 Å². The summed E-state index contributed by atoms with van der Waals surface area (Å²) in [5, 5.41) is 9.15.